The number of hydrogen-bond acceptors (Lipinski definition) is 13. The zero-order valence-corrected chi connectivity index (χ0v) is 27.1. The van der Waals surface area contributed by atoms with E-state index in [1.165, 1.54) is 30.7 Å². The zero-order valence-electron chi connectivity index (χ0n) is 25.0. The van der Waals surface area contributed by atoms with Gasteiger partial charge in [0.1, 0.15) is 35.5 Å². The molecule has 2 aromatic carbocycles. The Hall–Kier alpha value is -4.30. The molecule has 0 aliphatic carbocycles. The Morgan fingerprint density at radius 3 is 2.60 bits per heavy atom. The Labute approximate surface area is 284 Å². The number of hydrogen-bond donors (Lipinski definition) is 1. The monoisotopic (exact) mass is 769 g/mol. The summed E-state index contributed by atoms with van der Waals surface area (Å²) >= 11 is 0. The van der Waals surface area contributed by atoms with Gasteiger partial charge in [-0.25, -0.2) is 28.1 Å². The molecule has 19 heteroatoms. The molecule has 16 nitrogen and oxygen atoms in total. The number of rotatable bonds is 10. The Kier molecular flexibility index (Phi) is 10.6. The first-order valence-electron chi connectivity index (χ1n) is 14.3. The minimum atomic E-state index is -2.06. The number of aliphatic hydroxyl groups is 1. The van der Waals surface area contributed by atoms with Crippen molar-refractivity contribution in [2.24, 2.45) is 5.10 Å². The average Bonchev–Trinajstić information content (AvgIpc) is 3.82. The summed E-state index contributed by atoms with van der Waals surface area (Å²) in [5.74, 6) is -1.80. The van der Waals surface area contributed by atoms with Crippen molar-refractivity contribution in [1.82, 2.24) is 35.0 Å². The van der Waals surface area contributed by atoms with E-state index in [2.05, 4.69) is 27.0 Å². The highest BCUT2D eigenvalue weighted by atomic mass is 127. The van der Waals surface area contributed by atoms with Crippen molar-refractivity contribution in [3.8, 4) is 5.69 Å². The molecule has 0 unspecified atom stereocenters. The number of β-amino-alcohol motifs (C(OH)–C–C–N with tert-alkyl or cyclic N) is 1. The van der Waals surface area contributed by atoms with Crippen molar-refractivity contribution in [3.05, 3.63) is 66.0 Å². The summed E-state index contributed by atoms with van der Waals surface area (Å²) in [6, 6.07) is 8.44. The lowest BCUT2D eigenvalue weighted by Crippen LogP contribution is -3.00. The van der Waals surface area contributed by atoms with Crippen LogP contribution in [-0.2, 0) is 24.5 Å². The first-order chi connectivity index (χ1) is 22.2. The summed E-state index contributed by atoms with van der Waals surface area (Å²) in [5.41, 5.74) is -0.983. The molecular weight excluding hydrogens is 739 g/mol. The van der Waals surface area contributed by atoms with Crippen LogP contribution in [0, 0.1) is 11.6 Å². The molecule has 3 aromatic rings. The van der Waals surface area contributed by atoms with Crippen molar-refractivity contribution in [3.63, 3.8) is 0 Å². The highest BCUT2D eigenvalue weighted by Crippen LogP contribution is 2.35. The average molecular weight is 770 g/mol. The molecule has 2 amide bonds. The van der Waals surface area contributed by atoms with Gasteiger partial charge >= 0.3 is 18.5 Å². The molecular formula is C28H30F2IN9O7. The number of hydrazone groups is 1. The molecule has 250 valence electrons. The van der Waals surface area contributed by atoms with Crippen LogP contribution in [0.4, 0.5) is 24.1 Å². The number of benzene rings is 2. The lowest BCUT2D eigenvalue weighted by Gasteiger charge is -2.40. The Morgan fingerprint density at radius 1 is 1.15 bits per heavy atom. The predicted molar refractivity (Wildman–Crippen MR) is 152 cm³/mol. The SMILES string of the molecule is C[C@@H](N1CCN(c2ccc(-n3cnnn3)cc2)C1=O)[C@@](O)(CN1CN(COC(=O)OC2COCOC2)[C+]=N1)c1ccc(F)cc1F.[I-]. The summed E-state index contributed by atoms with van der Waals surface area (Å²) in [7, 11) is 0. The van der Waals surface area contributed by atoms with E-state index in [4.69, 9.17) is 18.9 Å². The molecule has 0 saturated carbocycles. The van der Waals surface area contributed by atoms with Gasteiger partial charge in [0, 0.05) is 30.4 Å². The minimum Gasteiger partial charge on any atom is -1.00 e. The number of amides is 2. The van der Waals surface area contributed by atoms with Gasteiger partial charge in [-0.15, -0.1) is 5.10 Å². The Bertz CT molecular complexity index is 1570. The van der Waals surface area contributed by atoms with Gasteiger partial charge in [-0.2, -0.15) is 0 Å². The fraction of sp³-hybridized carbons (Fsp3) is 0.429. The van der Waals surface area contributed by atoms with Crippen molar-refractivity contribution in [1.29, 1.82) is 0 Å². The van der Waals surface area contributed by atoms with Gasteiger partial charge in [0.15, 0.2) is 12.8 Å². The fourth-order valence-corrected chi connectivity index (χ4v) is 5.41. The van der Waals surface area contributed by atoms with Crippen LogP contribution >= 0.6 is 0 Å². The van der Waals surface area contributed by atoms with Crippen LogP contribution in [0.5, 0.6) is 0 Å². The van der Waals surface area contributed by atoms with Crippen molar-refractivity contribution in [2.45, 2.75) is 24.7 Å². The molecule has 2 saturated heterocycles. The maximum atomic E-state index is 15.2. The number of halogens is 3. The predicted octanol–water partition coefficient (Wildman–Crippen LogP) is -1.66. The van der Waals surface area contributed by atoms with Crippen molar-refractivity contribution in [2.75, 3.05) is 57.9 Å². The number of anilines is 1. The number of nitrogens with zero attached hydrogens (tertiary/aromatic N) is 9. The van der Waals surface area contributed by atoms with E-state index in [1.807, 2.05) is 0 Å². The smallest absolute Gasteiger partial charge is 0.547 e. The first kappa shape index (κ1) is 34.0. The van der Waals surface area contributed by atoms with Gasteiger partial charge in [0.2, 0.25) is 6.73 Å². The number of urea groups is 1. The van der Waals surface area contributed by atoms with E-state index in [1.54, 1.807) is 31.2 Å². The Balaban J connectivity index is 0.00000433. The van der Waals surface area contributed by atoms with E-state index in [0.29, 0.717) is 24.0 Å². The second kappa shape index (κ2) is 14.6. The molecule has 2 fully saturated rings. The second-order valence-corrected chi connectivity index (χ2v) is 10.8. The second-order valence-electron chi connectivity index (χ2n) is 10.8. The molecule has 3 aliphatic heterocycles. The maximum absolute atomic E-state index is 15.2. The minimum absolute atomic E-state index is 0. The summed E-state index contributed by atoms with van der Waals surface area (Å²) in [5, 5.41) is 28.8. The van der Waals surface area contributed by atoms with Gasteiger partial charge in [0.25, 0.3) is 0 Å². The topological polar surface area (TPSA) is 160 Å². The standard InChI is InChI=1S/C28H30F2N9O7.HI/c1-19(37-8-9-38(26(37)40)21-3-5-22(6-4-21)39-14-31-33-34-39)28(42,24-7-2-20(29)10-25(24)30)13-36-16-35(15-32-36)17-45-27(41)46-23-11-43-18-44-12-23;/h2-7,10,14,19,23,42H,8-9,11-13,16-18H2,1H3;1H/q+1;/p-1/t19-,28+;/m1./s1. The van der Waals surface area contributed by atoms with E-state index in [9.17, 15) is 19.1 Å². The van der Waals surface area contributed by atoms with Gasteiger partial charge in [-0.3, -0.25) is 4.90 Å². The summed E-state index contributed by atoms with van der Waals surface area (Å²) < 4.78 is 51.0. The molecule has 0 spiro atoms. The van der Waals surface area contributed by atoms with E-state index < -0.39 is 41.6 Å². The van der Waals surface area contributed by atoms with Gasteiger partial charge < -0.3 is 52.9 Å². The van der Waals surface area contributed by atoms with Crippen LogP contribution in [0.25, 0.3) is 5.69 Å². The quantitative estimate of drug-likeness (QED) is 0.142. The van der Waals surface area contributed by atoms with E-state index >= 15 is 4.39 Å². The van der Waals surface area contributed by atoms with Gasteiger partial charge in [0.05, 0.1) is 31.5 Å². The highest BCUT2D eigenvalue weighted by Gasteiger charge is 2.48. The molecule has 47 heavy (non-hydrogen) atoms. The number of carbonyl (C=O) groups is 2. The first-order valence-corrected chi connectivity index (χ1v) is 14.3. The van der Waals surface area contributed by atoms with Gasteiger partial charge in [-0.05, 0) is 47.7 Å². The number of tetrazole rings is 1. The highest BCUT2D eigenvalue weighted by molar-refractivity contribution is 5.94. The third kappa shape index (κ3) is 7.49. The summed E-state index contributed by atoms with van der Waals surface area (Å²) in [6.07, 6.45) is 2.56. The number of aromatic nitrogens is 4. The van der Waals surface area contributed by atoms with Crippen LogP contribution in [0.1, 0.15) is 12.5 Å². The number of carbonyl (C=O) groups excluding carboxylic acids is 2. The van der Waals surface area contributed by atoms with Crippen LogP contribution in [0.2, 0.25) is 0 Å². The van der Waals surface area contributed by atoms with Crippen LogP contribution in [0.3, 0.4) is 0 Å². The third-order valence-corrected chi connectivity index (χ3v) is 7.83. The summed E-state index contributed by atoms with van der Waals surface area (Å²) in [4.78, 5) is 30.1. The normalized spacial score (nSPS) is 18.5. The van der Waals surface area contributed by atoms with Gasteiger partial charge in [-0.1, -0.05) is 11.0 Å². The summed E-state index contributed by atoms with van der Waals surface area (Å²) in [6.45, 7) is 1.99. The largest absolute Gasteiger partial charge is 1.00 e. The number of ether oxygens (including phenoxy) is 4. The van der Waals surface area contributed by atoms with Crippen LogP contribution in [0.15, 0.2) is 53.9 Å². The third-order valence-electron chi connectivity index (χ3n) is 7.83. The Morgan fingerprint density at radius 2 is 1.89 bits per heavy atom. The molecule has 0 bridgehead atoms. The van der Waals surface area contributed by atoms with Crippen LogP contribution < -0.4 is 28.9 Å². The van der Waals surface area contributed by atoms with Crippen LogP contribution in [-0.4, -0.2) is 124 Å². The maximum Gasteiger partial charge on any atom is 0.547 e. The molecule has 1 aromatic heterocycles. The molecule has 1 N–H and O–H groups in total. The lowest BCUT2D eigenvalue weighted by atomic mass is 9.85. The van der Waals surface area contributed by atoms with Crippen molar-refractivity contribution >= 4 is 24.2 Å². The fourth-order valence-electron chi connectivity index (χ4n) is 5.41. The molecule has 3 aliphatic rings. The van der Waals surface area contributed by atoms with Crippen molar-refractivity contribution < 1.29 is 66.4 Å². The molecule has 4 heterocycles. The zero-order chi connectivity index (χ0) is 32.3. The molecule has 2 atom stereocenters. The van der Waals surface area contributed by atoms with E-state index in [0.717, 1.165) is 12.1 Å². The van der Waals surface area contributed by atoms with E-state index in [-0.39, 0.29) is 76.0 Å². The lowest BCUT2D eigenvalue weighted by molar-refractivity contribution is -0.158. The molecule has 0 radical (unpaired) electrons. The molecule has 6 rings (SSSR count).